The summed E-state index contributed by atoms with van der Waals surface area (Å²) in [4.78, 5) is 3.88. The Labute approximate surface area is 122 Å². The SMILES string of the molecule is CC(C)CNCC1CCCCCC1c1ccncc1F. The average molecular weight is 278 g/mol. The summed E-state index contributed by atoms with van der Waals surface area (Å²) in [6.07, 6.45) is 9.17. The van der Waals surface area contributed by atoms with Crippen molar-refractivity contribution in [2.75, 3.05) is 13.1 Å². The van der Waals surface area contributed by atoms with Crippen LogP contribution in [0.25, 0.3) is 0 Å². The second kappa shape index (κ2) is 7.72. The van der Waals surface area contributed by atoms with Crippen molar-refractivity contribution in [2.24, 2.45) is 11.8 Å². The van der Waals surface area contributed by atoms with Gasteiger partial charge in [0.15, 0.2) is 0 Å². The Morgan fingerprint density at radius 2 is 2.10 bits per heavy atom. The number of pyridine rings is 1. The predicted octanol–water partition coefficient (Wildman–Crippen LogP) is 4.13. The van der Waals surface area contributed by atoms with Gasteiger partial charge in [0.1, 0.15) is 5.82 Å². The van der Waals surface area contributed by atoms with Crippen LogP contribution in [0, 0.1) is 17.7 Å². The first-order valence-electron chi connectivity index (χ1n) is 7.98. The van der Waals surface area contributed by atoms with E-state index >= 15 is 0 Å². The highest BCUT2D eigenvalue weighted by atomic mass is 19.1. The van der Waals surface area contributed by atoms with Crippen molar-refractivity contribution >= 4 is 0 Å². The quantitative estimate of drug-likeness (QED) is 0.819. The van der Waals surface area contributed by atoms with Crippen LogP contribution >= 0.6 is 0 Å². The van der Waals surface area contributed by atoms with E-state index in [1.807, 2.05) is 6.07 Å². The summed E-state index contributed by atoms with van der Waals surface area (Å²) in [5, 5.41) is 3.56. The van der Waals surface area contributed by atoms with E-state index in [2.05, 4.69) is 24.1 Å². The molecule has 0 radical (unpaired) electrons. The maximum Gasteiger partial charge on any atom is 0.144 e. The highest BCUT2D eigenvalue weighted by Crippen LogP contribution is 2.37. The van der Waals surface area contributed by atoms with Gasteiger partial charge in [-0.1, -0.05) is 33.1 Å². The Balaban J connectivity index is 2.07. The van der Waals surface area contributed by atoms with Gasteiger partial charge in [-0.3, -0.25) is 4.98 Å². The molecule has 0 spiro atoms. The normalized spacial score (nSPS) is 23.8. The van der Waals surface area contributed by atoms with Gasteiger partial charge in [0.05, 0.1) is 6.20 Å². The molecule has 1 aliphatic carbocycles. The molecule has 0 aromatic carbocycles. The van der Waals surface area contributed by atoms with Crippen LogP contribution in [0.5, 0.6) is 0 Å². The first kappa shape index (κ1) is 15.4. The lowest BCUT2D eigenvalue weighted by Gasteiger charge is -2.26. The summed E-state index contributed by atoms with van der Waals surface area (Å²) >= 11 is 0. The maximum absolute atomic E-state index is 14.0. The van der Waals surface area contributed by atoms with Gasteiger partial charge in [-0.05, 0) is 55.3 Å². The van der Waals surface area contributed by atoms with E-state index in [-0.39, 0.29) is 5.82 Å². The molecule has 0 saturated heterocycles. The second-order valence-corrected chi connectivity index (χ2v) is 6.45. The van der Waals surface area contributed by atoms with Crippen molar-refractivity contribution in [1.82, 2.24) is 10.3 Å². The van der Waals surface area contributed by atoms with Gasteiger partial charge in [0.25, 0.3) is 0 Å². The molecule has 2 nitrogen and oxygen atoms in total. The van der Waals surface area contributed by atoms with Crippen LogP contribution in [0.4, 0.5) is 4.39 Å². The first-order valence-corrected chi connectivity index (χ1v) is 7.98. The predicted molar refractivity (Wildman–Crippen MR) is 81.2 cm³/mol. The Kier molecular flexibility index (Phi) is 5.96. The molecule has 112 valence electrons. The summed E-state index contributed by atoms with van der Waals surface area (Å²) in [5.74, 6) is 1.43. The Morgan fingerprint density at radius 3 is 2.85 bits per heavy atom. The fraction of sp³-hybridized carbons (Fsp3) is 0.706. The fourth-order valence-electron chi connectivity index (χ4n) is 3.28. The van der Waals surface area contributed by atoms with Gasteiger partial charge >= 0.3 is 0 Å². The summed E-state index contributed by atoms with van der Waals surface area (Å²) in [6.45, 7) is 6.49. The zero-order valence-electron chi connectivity index (χ0n) is 12.7. The molecule has 1 fully saturated rings. The lowest BCUT2D eigenvalue weighted by molar-refractivity contribution is 0.358. The lowest BCUT2D eigenvalue weighted by Crippen LogP contribution is -2.29. The minimum Gasteiger partial charge on any atom is -0.316 e. The summed E-state index contributed by atoms with van der Waals surface area (Å²) in [6, 6.07) is 1.88. The number of nitrogens with one attached hydrogen (secondary N) is 1. The van der Waals surface area contributed by atoms with E-state index in [1.54, 1.807) is 6.20 Å². The van der Waals surface area contributed by atoms with Crippen molar-refractivity contribution in [3.63, 3.8) is 0 Å². The van der Waals surface area contributed by atoms with Crippen LogP contribution in [0.1, 0.15) is 57.4 Å². The average Bonchev–Trinajstić information content (AvgIpc) is 2.64. The number of aromatic nitrogens is 1. The molecule has 1 aromatic heterocycles. The molecule has 2 rings (SSSR count). The number of hydrogen-bond acceptors (Lipinski definition) is 2. The molecule has 1 aromatic rings. The summed E-state index contributed by atoms with van der Waals surface area (Å²) in [7, 11) is 0. The van der Waals surface area contributed by atoms with Crippen molar-refractivity contribution in [2.45, 2.75) is 51.9 Å². The molecule has 1 heterocycles. The summed E-state index contributed by atoms with van der Waals surface area (Å²) < 4.78 is 14.0. The molecule has 1 N–H and O–H groups in total. The van der Waals surface area contributed by atoms with Gasteiger partial charge in [0, 0.05) is 6.20 Å². The molecule has 0 aliphatic heterocycles. The molecule has 20 heavy (non-hydrogen) atoms. The minimum atomic E-state index is -0.131. The monoisotopic (exact) mass is 278 g/mol. The van der Waals surface area contributed by atoms with Crippen LogP contribution in [0.3, 0.4) is 0 Å². The third kappa shape index (κ3) is 4.27. The Bertz CT molecular complexity index is 406. The van der Waals surface area contributed by atoms with Crippen LogP contribution in [0.15, 0.2) is 18.5 Å². The molecule has 0 bridgehead atoms. The minimum absolute atomic E-state index is 0.131. The van der Waals surface area contributed by atoms with Crippen LogP contribution < -0.4 is 5.32 Å². The van der Waals surface area contributed by atoms with Gasteiger partial charge in [-0.15, -0.1) is 0 Å². The number of nitrogens with zero attached hydrogens (tertiary/aromatic N) is 1. The van der Waals surface area contributed by atoms with E-state index in [4.69, 9.17) is 0 Å². The number of hydrogen-bond donors (Lipinski definition) is 1. The van der Waals surface area contributed by atoms with Crippen molar-refractivity contribution in [3.8, 4) is 0 Å². The molecule has 1 saturated carbocycles. The number of halogens is 1. The fourth-order valence-corrected chi connectivity index (χ4v) is 3.28. The van der Waals surface area contributed by atoms with Crippen LogP contribution in [-0.4, -0.2) is 18.1 Å². The molecular weight excluding hydrogens is 251 g/mol. The van der Waals surface area contributed by atoms with E-state index in [1.165, 1.54) is 31.9 Å². The summed E-state index contributed by atoms with van der Waals surface area (Å²) in [5.41, 5.74) is 0.873. The third-order valence-electron chi connectivity index (χ3n) is 4.32. The lowest BCUT2D eigenvalue weighted by atomic mass is 9.82. The zero-order chi connectivity index (χ0) is 14.4. The third-order valence-corrected chi connectivity index (χ3v) is 4.32. The van der Waals surface area contributed by atoms with E-state index in [0.29, 0.717) is 17.8 Å². The molecule has 1 aliphatic rings. The van der Waals surface area contributed by atoms with Crippen molar-refractivity contribution in [3.05, 3.63) is 29.8 Å². The topological polar surface area (TPSA) is 24.9 Å². The molecule has 0 amide bonds. The molecular formula is C17H27FN2. The molecule has 3 heteroatoms. The standard InChI is InChI=1S/C17H27FN2/c1-13(2)10-20-11-14-6-4-3-5-7-15(14)16-8-9-19-12-17(16)18/h8-9,12-15,20H,3-7,10-11H2,1-2H3. The van der Waals surface area contributed by atoms with Gasteiger partial charge in [0.2, 0.25) is 0 Å². The highest BCUT2D eigenvalue weighted by molar-refractivity contribution is 5.19. The van der Waals surface area contributed by atoms with Crippen molar-refractivity contribution < 1.29 is 4.39 Å². The largest absolute Gasteiger partial charge is 0.316 e. The van der Waals surface area contributed by atoms with Crippen molar-refractivity contribution in [1.29, 1.82) is 0 Å². The Morgan fingerprint density at radius 1 is 1.30 bits per heavy atom. The maximum atomic E-state index is 14.0. The van der Waals surface area contributed by atoms with E-state index in [9.17, 15) is 4.39 Å². The van der Waals surface area contributed by atoms with Crippen LogP contribution in [-0.2, 0) is 0 Å². The van der Waals surface area contributed by atoms with Crippen LogP contribution in [0.2, 0.25) is 0 Å². The zero-order valence-corrected chi connectivity index (χ0v) is 12.7. The first-order chi connectivity index (χ1) is 9.68. The van der Waals surface area contributed by atoms with Gasteiger partial charge in [-0.2, -0.15) is 0 Å². The van der Waals surface area contributed by atoms with Gasteiger partial charge in [-0.25, -0.2) is 4.39 Å². The smallest absolute Gasteiger partial charge is 0.144 e. The second-order valence-electron chi connectivity index (χ2n) is 6.45. The van der Waals surface area contributed by atoms with Gasteiger partial charge < -0.3 is 5.32 Å². The van der Waals surface area contributed by atoms with E-state index < -0.39 is 0 Å². The Hall–Kier alpha value is -0.960. The number of rotatable bonds is 5. The molecule has 2 atom stereocenters. The highest BCUT2D eigenvalue weighted by Gasteiger charge is 2.26. The van der Waals surface area contributed by atoms with E-state index in [0.717, 1.165) is 25.1 Å². The molecule has 2 unspecified atom stereocenters.